The summed E-state index contributed by atoms with van der Waals surface area (Å²) < 4.78 is 10.1. The number of ether oxygens (including phenoxy) is 2. The molecule has 0 atom stereocenters. The Morgan fingerprint density at radius 3 is 2.70 bits per heavy atom. The molecule has 0 aromatic heterocycles. The zero-order valence-corrected chi connectivity index (χ0v) is 14.2. The number of halogens is 1. The van der Waals surface area contributed by atoms with Crippen molar-refractivity contribution in [2.75, 3.05) is 19.0 Å². The fourth-order valence-electron chi connectivity index (χ4n) is 1.85. The number of nitrogens with one attached hydrogen (secondary N) is 1. The highest BCUT2D eigenvalue weighted by Crippen LogP contribution is 2.27. The van der Waals surface area contributed by atoms with Crippen molar-refractivity contribution >= 4 is 29.2 Å². The number of amides is 1. The van der Waals surface area contributed by atoms with Gasteiger partial charge in [-0.15, -0.1) is 0 Å². The van der Waals surface area contributed by atoms with Gasteiger partial charge in [-0.05, 0) is 24.6 Å². The van der Waals surface area contributed by atoms with E-state index in [2.05, 4.69) is 12.2 Å². The number of esters is 1. The normalized spacial score (nSPS) is 10.6. The van der Waals surface area contributed by atoms with Gasteiger partial charge in [0.05, 0.1) is 19.4 Å². The summed E-state index contributed by atoms with van der Waals surface area (Å²) in [5, 5.41) is 3.07. The molecule has 0 saturated heterocycles. The van der Waals surface area contributed by atoms with Crippen molar-refractivity contribution in [2.24, 2.45) is 0 Å². The van der Waals surface area contributed by atoms with Crippen LogP contribution in [0.4, 0.5) is 5.69 Å². The first kappa shape index (κ1) is 19.0. The van der Waals surface area contributed by atoms with Gasteiger partial charge in [0.1, 0.15) is 5.75 Å². The lowest BCUT2D eigenvalue weighted by molar-refractivity contribution is -0.138. The maximum atomic E-state index is 11.8. The zero-order valence-electron chi connectivity index (χ0n) is 13.4. The van der Waals surface area contributed by atoms with Crippen LogP contribution >= 0.6 is 11.6 Å². The summed E-state index contributed by atoms with van der Waals surface area (Å²) in [7, 11) is 1.49. The fraction of sp³-hybridized carbons (Fsp3) is 0.412. The van der Waals surface area contributed by atoms with Crippen LogP contribution in [0.1, 0.15) is 32.6 Å². The third-order valence-corrected chi connectivity index (χ3v) is 3.27. The van der Waals surface area contributed by atoms with E-state index in [0.717, 1.165) is 37.8 Å². The molecule has 0 fully saturated rings. The molecule has 0 aliphatic rings. The third-order valence-electron chi connectivity index (χ3n) is 3.03. The molecule has 1 N–H and O–H groups in total. The highest BCUT2D eigenvalue weighted by molar-refractivity contribution is 6.31. The lowest BCUT2D eigenvalue weighted by Gasteiger charge is -2.08. The summed E-state index contributed by atoms with van der Waals surface area (Å²) >= 11 is 5.88. The number of rotatable bonds is 9. The van der Waals surface area contributed by atoms with E-state index in [1.54, 1.807) is 18.2 Å². The second-order valence-electron chi connectivity index (χ2n) is 4.90. The molecule has 23 heavy (non-hydrogen) atoms. The van der Waals surface area contributed by atoms with Gasteiger partial charge in [0, 0.05) is 17.2 Å². The molecule has 0 radical (unpaired) electrons. The van der Waals surface area contributed by atoms with E-state index in [1.165, 1.54) is 7.11 Å². The number of methoxy groups -OCH3 is 1. The highest BCUT2D eigenvalue weighted by atomic mass is 35.5. The summed E-state index contributed by atoms with van der Waals surface area (Å²) in [6.07, 6.45) is 6.33. The van der Waals surface area contributed by atoms with Crippen molar-refractivity contribution < 1.29 is 19.1 Å². The Balaban J connectivity index is 2.43. The van der Waals surface area contributed by atoms with Crippen LogP contribution in [0, 0.1) is 0 Å². The number of benzene rings is 1. The van der Waals surface area contributed by atoms with Crippen molar-refractivity contribution in [3.05, 3.63) is 35.4 Å². The van der Waals surface area contributed by atoms with Gasteiger partial charge >= 0.3 is 5.97 Å². The number of carbonyl (C=O) groups excluding carboxylic acids is 2. The van der Waals surface area contributed by atoms with Gasteiger partial charge in [0.25, 0.3) is 0 Å². The summed E-state index contributed by atoms with van der Waals surface area (Å²) in [5.74, 6) is -0.516. The molecule has 126 valence electrons. The fourth-order valence-corrected chi connectivity index (χ4v) is 2.02. The SMILES string of the molecule is CCCCCCOC(=O)/C=C/C(=O)Nc1cc(Cl)ccc1OC. The molecule has 0 aliphatic heterocycles. The van der Waals surface area contributed by atoms with Crippen LogP contribution in [-0.4, -0.2) is 25.6 Å². The molecule has 0 spiro atoms. The van der Waals surface area contributed by atoms with Gasteiger partial charge in [-0.3, -0.25) is 4.79 Å². The van der Waals surface area contributed by atoms with E-state index < -0.39 is 11.9 Å². The molecule has 5 nitrogen and oxygen atoms in total. The van der Waals surface area contributed by atoms with Crippen LogP contribution in [0.3, 0.4) is 0 Å². The Kier molecular flexibility index (Phi) is 8.83. The molecule has 1 rings (SSSR count). The van der Waals surface area contributed by atoms with Crippen molar-refractivity contribution in [3.63, 3.8) is 0 Å². The Morgan fingerprint density at radius 1 is 1.22 bits per heavy atom. The summed E-state index contributed by atoms with van der Waals surface area (Å²) in [5.41, 5.74) is 0.433. The Morgan fingerprint density at radius 2 is 2.00 bits per heavy atom. The van der Waals surface area contributed by atoms with E-state index in [4.69, 9.17) is 21.1 Å². The predicted molar refractivity (Wildman–Crippen MR) is 90.9 cm³/mol. The van der Waals surface area contributed by atoms with Gasteiger partial charge in [-0.2, -0.15) is 0 Å². The maximum absolute atomic E-state index is 11.8. The molecule has 0 heterocycles. The van der Waals surface area contributed by atoms with Crippen LogP contribution in [-0.2, 0) is 14.3 Å². The number of hydrogen-bond acceptors (Lipinski definition) is 4. The molecule has 1 aromatic rings. The van der Waals surface area contributed by atoms with Crippen LogP contribution < -0.4 is 10.1 Å². The third kappa shape index (κ3) is 7.70. The Labute approximate surface area is 141 Å². The first-order chi connectivity index (χ1) is 11.1. The van der Waals surface area contributed by atoms with E-state index in [0.29, 0.717) is 23.1 Å². The second-order valence-corrected chi connectivity index (χ2v) is 5.33. The molecule has 0 unspecified atom stereocenters. The molecule has 1 aromatic carbocycles. The number of anilines is 1. The molecular weight excluding hydrogens is 318 g/mol. The van der Waals surface area contributed by atoms with Crippen LogP contribution in [0.2, 0.25) is 5.02 Å². The van der Waals surface area contributed by atoms with E-state index >= 15 is 0 Å². The van der Waals surface area contributed by atoms with Gasteiger partial charge < -0.3 is 14.8 Å². The average molecular weight is 340 g/mol. The van der Waals surface area contributed by atoms with Gasteiger partial charge in [0.15, 0.2) is 0 Å². The highest BCUT2D eigenvalue weighted by Gasteiger charge is 2.07. The van der Waals surface area contributed by atoms with E-state index in [1.807, 2.05) is 0 Å². The van der Waals surface area contributed by atoms with Gasteiger partial charge in [-0.1, -0.05) is 37.8 Å². The van der Waals surface area contributed by atoms with Crippen molar-refractivity contribution in [3.8, 4) is 5.75 Å². The predicted octanol–water partition coefficient (Wildman–Crippen LogP) is 3.97. The topological polar surface area (TPSA) is 64.6 Å². The van der Waals surface area contributed by atoms with Gasteiger partial charge in [0.2, 0.25) is 5.91 Å². The van der Waals surface area contributed by atoms with Crippen LogP contribution in [0.25, 0.3) is 0 Å². The summed E-state index contributed by atoms with van der Waals surface area (Å²) in [4.78, 5) is 23.3. The minimum Gasteiger partial charge on any atom is -0.495 e. The van der Waals surface area contributed by atoms with Gasteiger partial charge in [-0.25, -0.2) is 4.79 Å². The maximum Gasteiger partial charge on any atom is 0.330 e. The number of hydrogen-bond donors (Lipinski definition) is 1. The largest absolute Gasteiger partial charge is 0.495 e. The first-order valence-corrected chi connectivity index (χ1v) is 7.94. The molecule has 1 amide bonds. The Hall–Kier alpha value is -2.01. The smallest absolute Gasteiger partial charge is 0.330 e. The quantitative estimate of drug-likeness (QED) is 0.420. The van der Waals surface area contributed by atoms with Crippen LogP contribution in [0.15, 0.2) is 30.4 Å². The lowest BCUT2D eigenvalue weighted by atomic mass is 10.2. The standard InChI is InChI=1S/C17H22ClNO4/c1-3-4-5-6-11-23-17(21)10-9-16(20)19-14-12-13(18)7-8-15(14)22-2/h7-10,12H,3-6,11H2,1-2H3,(H,19,20)/b10-9+. The first-order valence-electron chi connectivity index (χ1n) is 7.56. The summed E-state index contributed by atoms with van der Waals surface area (Å²) in [6.45, 7) is 2.48. The van der Waals surface area contributed by atoms with E-state index in [-0.39, 0.29) is 0 Å². The molecule has 0 saturated carbocycles. The van der Waals surface area contributed by atoms with Crippen molar-refractivity contribution in [2.45, 2.75) is 32.6 Å². The second kappa shape index (κ2) is 10.7. The molecule has 0 bridgehead atoms. The minimum atomic E-state index is -0.533. The molecule has 0 aliphatic carbocycles. The van der Waals surface area contributed by atoms with Crippen LogP contribution in [0.5, 0.6) is 5.75 Å². The minimum absolute atomic E-state index is 0.368. The summed E-state index contributed by atoms with van der Waals surface area (Å²) in [6, 6.07) is 4.87. The van der Waals surface area contributed by atoms with Crippen molar-refractivity contribution in [1.29, 1.82) is 0 Å². The lowest BCUT2D eigenvalue weighted by Crippen LogP contribution is -2.10. The average Bonchev–Trinajstić information content (AvgIpc) is 2.53. The number of carbonyl (C=O) groups is 2. The monoisotopic (exact) mass is 339 g/mol. The zero-order chi connectivity index (χ0) is 17.1. The molecular formula is C17H22ClNO4. The Bertz CT molecular complexity index is 558. The van der Waals surface area contributed by atoms with Crippen molar-refractivity contribution in [1.82, 2.24) is 0 Å². The number of unbranched alkanes of at least 4 members (excludes halogenated alkanes) is 3. The molecule has 6 heteroatoms. The van der Waals surface area contributed by atoms with E-state index in [9.17, 15) is 9.59 Å².